The number of nitrogens with zero attached hydrogens (tertiary/aromatic N) is 2. The van der Waals surface area contributed by atoms with Crippen molar-refractivity contribution in [1.82, 2.24) is 10.1 Å². The first-order chi connectivity index (χ1) is 9.29. The lowest BCUT2D eigenvalue weighted by molar-refractivity contribution is 0.433. The van der Waals surface area contributed by atoms with Crippen LogP contribution in [-0.4, -0.2) is 16.7 Å². The average Bonchev–Trinajstić information content (AvgIpc) is 2.88. The van der Waals surface area contributed by atoms with E-state index in [0.29, 0.717) is 23.8 Å². The number of hydrogen-bond acceptors (Lipinski definition) is 4. The van der Waals surface area contributed by atoms with E-state index >= 15 is 0 Å². The van der Waals surface area contributed by atoms with E-state index in [9.17, 15) is 4.39 Å². The van der Waals surface area contributed by atoms with Crippen LogP contribution in [0.1, 0.15) is 6.92 Å². The Hall–Kier alpha value is -2.43. The van der Waals surface area contributed by atoms with Gasteiger partial charge in [0.05, 0.1) is 0 Å². The van der Waals surface area contributed by atoms with Crippen LogP contribution in [0.3, 0.4) is 0 Å². The first-order valence-electron chi connectivity index (χ1n) is 6.05. The molecule has 96 valence electrons. The highest BCUT2D eigenvalue weighted by Gasteiger charge is 2.12. The second kappa shape index (κ2) is 4.68. The molecule has 5 heteroatoms. The minimum atomic E-state index is -0.255. The van der Waals surface area contributed by atoms with Gasteiger partial charge < -0.3 is 9.84 Å². The number of benzene rings is 2. The van der Waals surface area contributed by atoms with Crippen molar-refractivity contribution in [2.24, 2.45) is 0 Å². The molecule has 4 nitrogen and oxygen atoms in total. The molecule has 0 aliphatic rings. The van der Waals surface area contributed by atoms with Gasteiger partial charge in [0.25, 0.3) is 0 Å². The Morgan fingerprint density at radius 1 is 1.16 bits per heavy atom. The first kappa shape index (κ1) is 11.6. The maximum atomic E-state index is 13.7. The second-order valence-electron chi connectivity index (χ2n) is 4.09. The molecule has 1 N–H and O–H groups in total. The van der Waals surface area contributed by atoms with Crippen LogP contribution in [0, 0.1) is 5.82 Å². The molecule has 19 heavy (non-hydrogen) atoms. The fourth-order valence-electron chi connectivity index (χ4n) is 2.01. The standard InChI is InChI=1S/C14H12FN3O/c1-2-16-14-17-13(18-19-14)11-7-8-12(15)10-6-4-3-5-9(10)11/h3-8H,2H2,1H3,(H,16,17,18). The molecule has 2 aromatic carbocycles. The van der Waals surface area contributed by atoms with E-state index in [4.69, 9.17) is 4.52 Å². The van der Waals surface area contributed by atoms with Gasteiger partial charge in [-0.05, 0) is 24.4 Å². The number of anilines is 1. The van der Waals surface area contributed by atoms with Gasteiger partial charge in [0.2, 0.25) is 5.82 Å². The van der Waals surface area contributed by atoms with Gasteiger partial charge in [-0.1, -0.05) is 29.4 Å². The number of hydrogen-bond donors (Lipinski definition) is 1. The third kappa shape index (κ3) is 2.03. The number of nitrogens with one attached hydrogen (secondary N) is 1. The summed E-state index contributed by atoms with van der Waals surface area (Å²) in [7, 11) is 0. The van der Waals surface area contributed by atoms with Crippen LogP contribution in [-0.2, 0) is 0 Å². The molecule has 0 atom stereocenters. The topological polar surface area (TPSA) is 51.0 Å². The van der Waals surface area contributed by atoms with E-state index in [1.165, 1.54) is 6.07 Å². The Morgan fingerprint density at radius 3 is 2.74 bits per heavy atom. The van der Waals surface area contributed by atoms with Gasteiger partial charge in [-0.15, -0.1) is 0 Å². The quantitative estimate of drug-likeness (QED) is 0.780. The molecule has 0 spiro atoms. The van der Waals surface area contributed by atoms with Crippen LogP contribution < -0.4 is 5.32 Å². The summed E-state index contributed by atoms with van der Waals surface area (Å²) < 4.78 is 18.8. The van der Waals surface area contributed by atoms with Crippen molar-refractivity contribution in [3.8, 4) is 11.4 Å². The van der Waals surface area contributed by atoms with Crippen molar-refractivity contribution in [3.63, 3.8) is 0 Å². The fraction of sp³-hybridized carbons (Fsp3) is 0.143. The summed E-state index contributed by atoms with van der Waals surface area (Å²) in [5, 5.41) is 8.18. The predicted octanol–water partition coefficient (Wildman–Crippen LogP) is 3.46. The van der Waals surface area contributed by atoms with Crippen molar-refractivity contribution >= 4 is 16.8 Å². The lowest BCUT2D eigenvalue weighted by Crippen LogP contribution is -1.96. The fourth-order valence-corrected chi connectivity index (χ4v) is 2.01. The second-order valence-corrected chi connectivity index (χ2v) is 4.09. The minimum Gasteiger partial charge on any atom is -0.338 e. The highest BCUT2D eigenvalue weighted by Crippen LogP contribution is 2.28. The average molecular weight is 257 g/mol. The number of aromatic nitrogens is 2. The van der Waals surface area contributed by atoms with Crippen molar-refractivity contribution in [3.05, 3.63) is 42.2 Å². The molecule has 0 radical (unpaired) electrons. The number of halogens is 1. The molecule has 0 saturated carbocycles. The van der Waals surface area contributed by atoms with Gasteiger partial charge in [-0.25, -0.2) is 4.39 Å². The normalized spacial score (nSPS) is 10.8. The van der Waals surface area contributed by atoms with E-state index in [1.54, 1.807) is 18.2 Å². The summed E-state index contributed by atoms with van der Waals surface area (Å²) in [6.45, 7) is 2.64. The van der Waals surface area contributed by atoms with Crippen LogP contribution in [0.25, 0.3) is 22.2 Å². The molecule has 0 fully saturated rings. The molecule has 1 aromatic heterocycles. The summed E-state index contributed by atoms with van der Waals surface area (Å²) in [6.07, 6.45) is 0. The Labute approximate surface area is 109 Å². The Morgan fingerprint density at radius 2 is 1.95 bits per heavy atom. The van der Waals surface area contributed by atoms with Crippen LogP contribution in [0.15, 0.2) is 40.9 Å². The zero-order chi connectivity index (χ0) is 13.2. The molecular formula is C14H12FN3O. The molecule has 3 aromatic rings. The Balaban J connectivity index is 2.16. The predicted molar refractivity (Wildman–Crippen MR) is 71.4 cm³/mol. The zero-order valence-electron chi connectivity index (χ0n) is 10.4. The van der Waals surface area contributed by atoms with Gasteiger partial charge >= 0.3 is 6.01 Å². The molecule has 0 aliphatic heterocycles. The van der Waals surface area contributed by atoms with E-state index < -0.39 is 0 Å². The minimum absolute atomic E-state index is 0.255. The van der Waals surface area contributed by atoms with Crippen LogP contribution in [0.2, 0.25) is 0 Å². The van der Waals surface area contributed by atoms with Crippen molar-refractivity contribution < 1.29 is 8.91 Å². The van der Waals surface area contributed by atoms with Crippen LogP contribution in [0.4, 0.5) is 10.4 Å². The van der Waals surface area contributed by atoms with Gasteiger partial charge in [0.15, 0.2) is 0 Å². The maximum absolute atomic E-state index is 13.7. The van der Waals surface area contributed by atoms with E-state index in [2.05, 4.69) is 15.5 Å². The van der Waals surface area contributed by atoms with E-state index in [0.717, 1.165) is 10.9 Å². The van der Waals surface area contributed by atoms with Crippen LogP contribution >= 0.6 is 0 Å². The van der Waals surface area contributed by atoms with Crippen molar-refractivity contribution in [1.29, 1.82) is 0 Å². The molecular weight excluding hydrogens is 245 g/mol. The highest BCUT2D eigenvalue weighted by atomic mass is 19.1. The van der Waals surface area contributed by atoms with Crippen molar-refractivity contribution in [2.75, 3.05) is 11.9 Å². The van der Waals surface area contributed by atoms with E-state index in [1.807, 2.05) is 19.1 Å². The lowest BCUT2D eigenvalue weighted by Gasteiger charge is -2.03. The van der Waals surface area contributed by atoms with E-state index in [-0.39, 0.29) is 5.82 Å². The third-order valence-corrected chi connectivity index (χ3v) is 2.87. The summed E-state index contributed by atoms with van der Waals surface area (Å²) in [6, 6.07) is 10.7. The van der Waals surface area contributed by atoms with Gasteiger partial charge in [-0.2, -0.15) is 4.98 Å². The molecule has 0 aliphatic carbocycles. The smallest absolute Gasteiger partial charge is 0.321 e. The van der Waals surface area contributed by atoms with Crippen molar-refractivity contribution in [2.45, 2.75) is 6.92 Å². The maximum Gasteiger partial charge on any atom is 0.321 e. The first-order valence-corrected chi connectivity index (χ1v) is 6.05. The SMILES string of the molecule is CCNc1nc(-c2ccc(F)c3ccccc23)no1. The molecule has 0 amide bonds. The Bertz CT molecular complexity index is 724. The molecule has 0 unspecified atom stereocenters. The third-order valence-electron chi connectivity index (χ3n) is 2.87. The molecule has 3 rings (SSSR count). The number of rotatable bonds is 3. The zero-order valence-corrected chi connectivity index (χ0v) is 10.4. The number of fused-ring (bicyclic) bond motifs is 1. The summed E-state index contributed by atoms with van der Waals surface area (Å²) in [5.41, 5.74) is 0.755. The van der Waals surface area contributed by atoms with Crippen LogP contribution in [0.5, 0.6) is 0 Å². The molecule has 0 bridgehead atoms. The van der Waals surface area contributed by atoms with Gasteiger partial charge in [0, 0.05) is 17.5 Å². The monoisotopic (exact) mass is 257 g/mol. The largest absolute Gasteiger partial charge is 0.338 e. The molecule has 1 heterocycles. The summed E-state index contributed by atoms with van der Waals surface area (Å²) in [4.78, 5) is 4.24. The lowest BCUT2D eigenvalue weighted by atomic mass is 10.0. The summed E-state index contributed by atoms with van der Waals surface area (Å²) >= 11 is 0. The van der Waals surface area contributed by atoms with Gasteiger partial charge in [0.1, 0.15) is 5.82 Å². The summed E-state index contributed by atoms with van der Waals surface area (Å²) in [5.74, 6) is 0.196. The molecule has 0 saturated heterocycles. The van der Waals surface area contributed by atoms with Gasteiger partial charge in [-0.3, -0.25) is 0 Å². The Kier molecular flexibility index (Phi) is 2.87. The highest BCUT2D eigenvalue weighted by molar-refractivity contribution is 5.95.